The zero-order valence-electron chi connectivity index (χ0n) is 13.9. The Kier molecular flexibility index (Phi) is 8.79. The number of hydrogen-bond acceptors (Lipinski definition) is 3. The molecule has 1 amide bonds. The zero-order valence-corrected chi connectivity index (χ0v) is 13.9. The third-order valence-electron chi connectivity index (χ3n) is 3.26. The van der Waals surface area contributed by atoms with E-state index in [0.29, 0.717) is 25.5 Å². The molecule has 0 aromatic carbocycles. The predicted molar refractivity (Wildman–Crippen MR) is 88.7 cm³/mol. The summed E-state index contributed by atoms with van der Waals surface area (Å²) in [6, 6.07) is 3.74. The van der Waals surface area contributed by atoms with Crippen molar-refractivity contribution in [1.29, 1.82) is 0 Å². The van der Waals surface area contributed by atoms with E-state index in [1.165, 1.54) is 0 Å². The summed E-state index contributed by atoms with van der Waals surface area (Å²) in [5, 5.41) is 6.44. The quantitative estimate of drug-likeness (QED) is 0.540. The highest BCUT2D eigenvalue weighted by molar-refractivity contribution is 5.81. The van der Waals surface area contributed by atoms with Gasteiger partial charge in [-0.3, -0.25) is 4.79 Å². The molecule has 6 heteroatoms. The van der Waals surface area contributed by atoms with Crippen molar-refractivity contribution >= 4 is 11.9 Å². The standard InChI is InChI=1S/C16H28N4O2/c1-4-10-17-16(19-13-14-8-7-12-22-14)18-11-9-15(21)20(5-2)6-3/h7-8,12H,4-6,9-11,13H2,1-3H3,(H2,17,18,19). The van der Waals surface area contributed by atoms with Gasteiger partial charge in [0, 0.05) is 32.6 Å². The predicted octanol–water partition coefficient (Wildman–Crippen LogP) is 1.98. The molecule has 1 heterocycles. The van der Waals surface area contributed by atoms with Crippen LogP contribution in [0.2, 0.25) is 0 Å². The van der Waals surface area contributed by atoms with Gasteiger partial charge in [0.25, 0.3) is 0 Å². The highest BCUT2D eigenvalue weighted by atomic mass is 16.3. The van der Waals surface area contributed by atoms with E-state index in [9.17, 15) is 4.79 Å². The van der Waals surface area contributed by atoms with Crippen LogP contribution in [0.1, 0.15) is 39.4 Å². The second kappa shape index (κ2) is 10.7. The van der Waals surface area contributed by atoms with Crippen molar-refractivity contribution in [3.8, 4) is 0 Å². The molecule has 22 heavy (non-hydrogen) atoms. The van der Waals surface area contributed by atoms with Crippen LogP contribution >= 0.6 is 0 Å². The van der Waals surface area contributed by atoms with Crippen molar-refractivity contribution in [3.63, 3.8) is 0 Å². The summed E-state index contributed by atoms with van der Waals surface area (Å²) in [4.78, 5) is 18.3. The minimum atomic E-state index is 0.165. The van der Waals surface area contributed by atoms with Crippen molar-refractivity contribution in [2.45, 2.75) is 40.2 Å². The van der Waals surface area contributed by atoms with Gasteiger partial charge >= 0.3 is 0 Å². The monoisotopic (exact) mass is 308 g/mol. The fourth-order valence-corrected chi connectivity index (χ4v) is 2.00. The first-order valence-electron chi connectivity index (χ1n) is 8.03. The highest BCUT2D eigenvalue weighted by Gasteiger charge is 2.09. The topological polar surface area (TPSA) is 69.9 Å². The Morgan fingerprint density at radius 1 is 1.23 bits per heavy atom. The van der Waals surface area contributed by atoms with Crippen LogP contribution in [0.15, 0.2) is 27.8 Å². The molecule has 0 spiro atoms. The number of carbonyl (C=O) groups excluding carboxylic acids is 1. The normalized spacial score (nSPS) is 11.3. The maximum Gasteiger partial charge on any atom is 0.224 e. The summed E-state index contributed by atoms with van der Waals surface area (Å²) in [5.74, 6) is 1.70. The molecular formula is C16H28N4O2. The summed E-state index contributed by atoms with van der Waals surface area (Å²) in [5.41, 5.74) is 0. The van der Waals surface area contributed by atoms with E-state index in [0.717, 1.165) is 31.8 Å². The molecule has 0 unspecified atom stereocenters. The Balaban J connectivity index is 2.43. The van der Waals surface area contributed by atoms with Gasteiger partial charge in [0.2, 0.25) is 5.91 Å². The lowest BCUT2D eigenvalue weighted by molar-refractivity contribution is -0.130. The van der Waals surface area contributed by atoms with Crippen LogP contribution in [0, 0.1) is 0 Å². The van der Waals surface area contributed by atoms with Gasteiger partial charge in [0.1, 0.15) is 12.3 Å². The van der Waals surface area contributed by atoms with Crippen molar-refractivity contribution < 1.29 is 9.21 Å². The van der Waals surface area contributed by atoms with Gasteiger partial charge in [0.05, 0.1) is 6.26 Å². The molecule has 0 aliphatic rings. The van der Waals surface area contributed by atoms with E-state index in [1.807, 2.05) is 30.9 Å². The van der Waals surface area contributed by atoms with Gasteiger partial charge in [0.15, 0.2) is 5.96 Å². The molecule has 6 nitrogen and oxygen atoms in total. The molecule has 0 saturated heterocycles. The highest BCUT2D eigenvalue weighted by Crippen LogP contribution is 2.01. The summed E-state index contributed by atoms with van der Waals surface area (Å²) in [7, 11) is 0. The van der Waals surface area contributed by atoms with Crippen LogP contribution in [-0.2, 0) is 11.3 Å². The number of aliphatic imine (C=N–C) groups is 1. The number of furan rings is 1. The van der Waals surface area contributed by atoms with E-state index in [2.05, 4.69) is 22.5 Å². The number of carbonyl (C=O) groups is 1. The summed E-state index contributed by atoms with van der Waals surface area (Å²) in [6.45, 7) is 9.49. The maximum atomic E-state index is 12.0. The van der Waals surface area contributed by atoms with Crippen LogP contribution in [0.5, 0.6) is 0 Å². The number of guanidine groups is 1. The molecule has 2 N–H and O–H groups in total. The van der Waals surface area contributed by atoms with Gasteiger partial charge in [-0.05, 0) is 32.4 Å². The zero-order chi connectivity index (χ0) is 16.2. The van der Waals surface area contributed by atoms with E-state index >= 15 is 0 Å². The smallest absolute Gasteiger partial charge is 0.224 e. The molecule has 1 aromatic rings. The molecule has 0 aliphatic heterocycles. The van der Waals surface area contributed by atoms with Crippen molar-refractivity contribution in [2.75, 3.05) is 26.2 Å². The molecule has 0 radical (unpaired) electrons. The fourth-order valence-electron chi connectivity index (χ4n) is 2.00. The lowest BCUT2D eigenvalue weighted by Crippen LogP contribution is -2.40. The average molecular weight is 308 g/mol. The lowest BCUT2D eigenvalue weighted by atomic mass is 10.3. The minimum Gasteiger partial charge on any atom is -0.467 e. The Morgan fingerprint density at radius 2 is 1.95 bits per heavy atom. The lowest BCUT2D eigenvalue weighted by Gasteiger charge is -2.19. The van der Waals surface area contributed by atoms with Crippen molar-refractivity contribution in [3.05, 3.63) is 24.2 Å². The van der Waals surface area contributed by atoms with E-state index in [1.54, 1.807) is 6.26 Å². The van der Waals surface area contributed by atoms with Crippen LogP contribution < -0.4 is 10.6 Å². The Labute approximate surface area is 133 Å². The number of hydrogen-bond donors (Lipinski definition) is 2. The fraction of sp³-hybridized carbons (Fsp3) is 0.625. The SMILES string of the molecule is CCCNC(=NCc1ccco1)NCCC(=O)N(CC)CC. The van der Waals surface area contributed by atoms with Crippen molar-refractivity contribution in [2.24, 2.45) is 4.99 Å². The van der Waals surface area contributed by atoms with E-state index in [4.69, 9.17) is 4.42 Å². The Hall–Kier alpha value is -1.98. The average Bonchev–Trinajstić information content (AvgIpc) is 3.04. The van der Waals surface area contributed by atoms with Crippen LogP contribution in [0.25, 0.3) is 0 Å². The Bertz CT molecular complexity index is 439. The largest absolute Gasteiger partial charge is 0.467 e. The molecule has 0 atom stereocenters. The van der Waals surface area contributed by atoms with E-state index < -0.39 is 0 Å². The van der Waals surface area contributed by atoms with Crippen LogP contribution in [0.4, 0.5) is 0 Å². The molecule has 1 rings (SSSR count). The number of amides is 1. The number of rotatable bonds is 9. The van der Waals surface area contributed by atoms with E-state index in [-0.39, 0.29) is 5.91 Å². The van der Waals surface area contributed by atoms with Gasteiger partial charge in [-0.15, -0.1) is 0 Å². The molecule has 0 saturated carbocycles. The number of nitrogens with zero attached hydrogens (tertiary/aromatic N) is 2. The first-order chi connectivity index (χ1) is 10.7. The van der Waals surface area contributed by atoms with Crippen LogP contribution in [0.3, 0.4) is 0 Å². The first-order valence-corrected chi connectivity index (χ1v) is 8.03. The second-order valence-corrected chi connectivity index (χ2v) is 4.91. The third kappa shape index (κ3) is 6.65. The van der Waals surface area contributed by atoms with Gasteiger partial charge in [-0.1, -0.05) is 6.92 Å². The molecule has 0 aliphatic carbocycles. The van der Waals surface area contributed by atoms with Gasteiger partial charge in [-0.25, -0.2) is 4.99 Å². The first kappa shape index (κ1) is 18.1. The molecule has 0 bridgehead atoms. The second-order valence-electron chi connectivity index (χ2n) is 4.91. The molecule has 0 fully saturated rings. The summed E-state index contributed by atoms with van der Waals surface area (Å²) < 4.78 is 5.27. The van der Waals surface area contributed by atoms with Crippen LogP contribution in [-0.4, -0.2) is 42.9 Å². The molecule has 1 aromatic heterocycles. The summed E-state index contributed by atoms with van der Waals surface area (Å²) in [6.07, 6.45) is 3.12. The van der Waals surface area contributed by atoms with Gasteiger partial charge in [-0.2, -0.15) is 0 Å². The maximum absolute atomic E-state index is 12.0. The minimum absolute atomic E-state index is 0.165. The number of nitrogens with one attached hydrogen (secondary N) is 2. The summed E-state index contributed by atoms with van der Waals surface area (Å²) >= 11 is 0. The molecule has 124 valence electrons. The Morgan fingerprint density at radius 3 is 2.55 bits per heavy atom. The third-order valence-corrected chi connectivity index (χ3v) is 3.26. The van der Waals surface area contributed by atoms with Crippen molar-refractivity contribution in [1.82, 2.24) is 15.5 Å². The molecular weight excluding hydrogens is 280 g/mol. The van der Waals surface area contributed by atoms with Gasteiger partial charge < -0.3 is 20.0 Å².